The van der Waals surface area contributed by atoms with Crippen LogP contribution < -0.4 is 14.9 Å². The zero-order valence-corrected chi connectivity index (χ0v) is 17.5. The molecule has 0 aliphatic carbocycles. The molecule has 0 aliphatic rings. The summed E-state index contributed by atoms with van der Waals surface area (Å²) in [6, 6.07) is 11.9. The summed E-state index contributed by atoms with van der Waals surface area (Å²) < 4.78 is 11.4. The van der Waals surface area contributed by atoms with Crippen molar-refractivity contribution in [3.05, 3.63) is 63.5 Å². The number of nitrogens with zero attached hydrogens (tertiary/aromatic N) is 3. The number of rotatable bonds is 10. The van der Waals surface area contributed by atoms with Crippen LogP contribution in [-0.4, -0.2) is 29.3 Å². The molecule has 0 saturated carbocycles. The van der Waals surface area contributed by atoms with Gasteiger partial charge in [-0.05, 0) is 49.2 Å². The van der Waals surface area contributed by atoms with Crippen molar-refractivity contribution < 1.29 is 14.4 Å². The third-order valence-corrected chi connectivity index (χ3v) is 4.73. The highest BCUT2D eigenvalue weighted by Crippen LogP contribution is 2.29. The Morgan fingerprint density at radius 3 is 2.67 bits per heavy atom. The number of non-ortho nitro benzene ring substituents is 1. The van der Waals surface area contributed by atoms with Crippen molar-refractivity contribution in [2.75, 3.05) is 18.6 Å². The molecular weight excluding hydrogens is 404 g/mol. The molecule has 0 atom stereocenters. The van der Waals surface area contributed by atoms with Crippen molar-refractivity contribution in [3.63, 3.8) is 0 Å². The zero-order chi connectivity index (χ0) is 21.3. The summed E-state index contributed by atoms with van der Waals surface area (Å²) >= 11 is 1.40. The predicted molar refractivity (Wildman–Crippen MR) is 119 cm³/mol. The Labute approximate surface area is 178 Å². The van der Waals surface area contributed by atoms with Gasteiger partial charge in [0.25, 0.3) is 5.69 Å². The number of thiazole rings is 1. The zero-order valence-electron chi connectivity index (χ0n) is 16.7. The highest BCUT2D eigenvalue weighted by Gasteiger charge is 2.08. The van der Waals surface area contributed by atoms with Crippen molar-refractivity contribution in [2.45, 2.75) is 20.3 Å². The summed E-state index contributed by atoms with van der Waals surface area (Å²) in [5.74, 6) is 1.40. The van der Waals surface area contributed by atoms with Crippen LogP contribution in [0.15, 0.2) is 52.9 Å². The molecule has 30 heavy (non-hydrogen) atoms. The molecule has 0 spiro atoms. The van der Waals surface area contributed by atoms with Crippen LogP contribution in [0, 0.1) is 10.1 Å². The Hall–Kier alpha value is -3.46. The predicted octanol–water partition coefficient (Wildman–Crippen LogP) is 5.35. The number of ether oxygens (including phenoxy) is 2. The summed E-state index contributed by atoms with van der Waals surface area (Å²) in [7, 11) is 0. The molecule has 0 fully saturated rings. The van der Waals surface area contributed by atoms with Crippen molar-refractivity contribution in [3.8, 4) is 22.8 Å². The quantitative estimate of drug-likeness (QED) is 0.266. The van der Waals surface area contributed by atoms with Gasteiger partial charge in [0, 0.05) is 23.1 Å². The van der Waals surface area contributed by atoms with E-state index in [0.29, 0.717) is 24.1 Å². The number of aromatic nitrogens is 1. The van der Waals surface area contributed by atoms with Gasteiger partial charge in [-0.15, -0.1) is 11.3 Å². The van der Waals surface area contributed by atoms with Crippen LogP contribution in [0.5, 0.6) is 11.5 Å². The second kappa shape index (κ2) is 10.4. The number of hydrogen-bond acceptors (Lipinski definition) is 8. The molecule has 0 bridgehead atoms. The fourth-order valence-electron chi connectivity index (χ4n) is 2.58. The molecule has 2 aromatic carbocycles. The first-order valence-electron chi connectivity index (χ1n) is 9.49. The maximum Gasteiger partial charge on any atom is 0.269 e. The minimum absolute atomic E-state index is 0.0504. The molecule has 0 aliphatic heterocycles. The lowest BCUT2D eigenvalue weighted by Crippen LogP contribution is -2.00. The van der Waals surface area contributed by atoms with Gasteiger partial charge in [-0.2, -0.15) is 5.10 Å². The molecule has 1 heterocycles. The maximum atomic E-state index is 10.8. The molecule has 0 radical (unpaired) electrons. The normalized spacial score (nSPS) is 10.9. The van der Waals surface area contributed by atoms with E-state index in [9.17, 15) is 10.1 Å². The number of nitro benzene ring substituents is 1. The van der Waals surface area contributed by atoms with Gasteiger partial charge < -0.3 is 9.47 Å². The van der Waals surface area contributed by atoms with Crippen LogP contribution in [-0.2, 0) is 0 Å². The lowest BCUT2D eigenvalue weighted by atomic mass is 10.1. The van der Waals surface area contributed by atoms with Gasteiger partial charge in [-0.1, -0.05) is 6.92 Å². The Bertz CT molecular complexity index is 1020. The van der Waals surface area contributed by atoms with Gasteiger partial charge in [-0.25, -0.2) is 4.98 Å². The van der Waals surface area contributed by atoms with E-state index in [1.165, 1.54) is 23.5 Å². The second-order valence-electron chi connectivity index (χ2n) is 6.20. The first-order chi connectivity index (χ1) is 14.6. The van der Waals surface area contributed by atoms with Crippen LogP contribution in [0.4, 0.5) is 10.8 Å². The SMILES string of the molecule is CCCOc1ccc(/C=N/Nc2nc(-c3ccc([N+](=O)[O-])cc3)cs2)cc1OCC. The average Bonchev–Trinajstić information content (AvgIpc) is 3.22. The monoisotopic (exact) mass is 426 g/mol. The van der Waals surface area contributed by atoms with Crippen molar-refractivity contribution in [1.82, 2.24) is 4.98 Å². The van der Waals surface area contributed by atoms with Crippen molar-refractivity contribution in [1.29, 1.82) is 0 Å². The standard InChI is InChI=1S/C21H22N4O4S/c1-3-11-29-19-10-5-15(12-20(19)28-4-2)13-22-24-21-23-18(14-30-21)16-6-8-17(9-7-16)25(26)27/h5-10,12-14H,3-4,11H2,1-2H3,(H,23,24)/b22-13+. The van der Waals surface area contributed by atoms with Gasteiger partial charge in [-0.3, -0.25) is 15.5 Å². The molecule has 156 valence electrons. The van der Waals surface area contributed by atoms with Crippen molar-refractivity contribution in [2.24, 2.45) is 5.10 Å². The Kier molecular flexibility index (Phi) is 7.34. The highest BCUT2D eigenvalue weighted by molar-refractivity contribution is 7.14. The number of benzene rings is 2. The summed E-state index contributed by atoms with van der Waals surface area (Å²) in [4.78, 5) is 14.8. The lowest BCUT2D eigenvalue weighted by Gasteiger charge is -2.11. The van der Waals surface area contributed by atoms with E-state index < -0.39 is 4.92 Å². The number of nitrogens with one attached hydrogen (secondary N) is 1. The second-order valence-corrected chi connectivity index (χ2v) is 7.06. The summed E-state index contributed by atoms with van der Waals surface area (Å²) in [5.41, 5.74) is 5.35. The van der Waals surface area contributed by atoms with Gasteiger partial charge in [0.2, 0.25) is 5.13 Å². The van der Waals surface area contributed by atoms with Gasteiger partial charge >= 0.3 is 0 Å². The Balaban J connectivity index is 1.65. The molecule has 1 aromatic heterocycles. The molecule has 3 aromatic rings. The van der Waals surface area contributed by atoms with E-state index >= 15 is 0 Å². The molecule has 8 nitrogen and oxygen atoms in total. The van der Waals surface area contributed by atoms with Crippen LogP contribution in [0.2, 0.25) is 0 Å². The third kappa shape index (κ3) is 5.54. The number of nitro groups is 1. The Morgan fingerprint density at radius 1 is 1.17 bits per heavy atom. The molecule has 1 N–H and O–H groups in total. The average molecular weight is 426 g/mol. The molecule has 0 saturated heterocycles. The smallest absolute Gasteiger partial charge is 0.269 e. The molecule has 9 heteroatoms. The first-order valence-corrected chi connectivity index (χ1v) is 10.4. The van der Waals surface area contributed by atoms with E-state index in [-0.39, 0.29) is 5.69 Å². The van der Waals surface area contributed by atoms with Gasteiger partial charge in [0.1, 0.15) is 0 Å². The molecule has 3 rings (SSSR count). The number of hydrogen-bond donors (Lipinski definition) is 1. The van der Waals surface area contributed by atoms with Crippen molar-refractivity contribution >= 4 is 28.4 Å². The largest absolute Gasteiger partial charge is 0.490 e. The number of hydrazone groups is 1. The van der Waals surface area contributed by atoms with Crippen LogP contribution in [0.3, 0.4) is 0 Å². The summed E-state index contributed by atoms with van der Waals surface area (Å²) in [6.07, 6.45) is 2.60. The van der Waals surface area contributed by atoms with Crippen LogP contribution in [0.25, 0.3) is 11.3 Å². The number of anilines is 1. The fraction of sp³-hybridized carbons (Fsp3) is 0.238. The van der Waals surface area contributed by atoms with Crippen LogP contribution >= 0.6 is 11.3 Å². The molecule has 0 unspecified atom stereocenters. The van der Waals surface area contributed by atoms with Gasteiger partial charge in [0.05, 0.1) is 30.0 Å². The molecular formula is C21H22N4O4S. The topological polar surface area (TPSA) is 98.9 Å². The third-order valence-electron chi connectivity index (χ3n) is 3.98. The fourth-order valence-corrected chi connectivity index (χ4v) is 3.25. The van der Waals surface area contributed by atoms with E-state index in [2.05, 4.69) is 22.4 Å². The Morgan fingerprint density at radius 2 is 1.97 bits per heavy atom. The maximum absolute atomic E-state index is 10.8. The lowest BCUT2D eigenvalue weighted by molar-refractivity contribution is -0.384. The molecule has 0 amide bonds. The summed E-state index contributed by atoms with van der Waals surface area (Å²) in [5, 5.41) is 17.5. The van der Waals surface area contributed by atoms with E-state index in [1.54, 1.807) is 18.3 Å². The highest BCUT2D eigenvalue weighted by atomic mass is 32.1. The van der Waals surface area contributed by atoms with E-state index in [4.69, 9.17) is 9.47 Å². The minimum Gasteiger partial charge on any atom is -0.490 e. The van der Waals surface area contributed by atoms with E-state index in [1.807, 2.05) is 30.5 Å². The van der Waals surface area contributed by atoms with Gasteiger partial charge in [0.15, 0.2) is 11.5 Å². The van der Waals surface area contributed by atoms with Crippen LogP contribution in [0.1, 0.15) is 25.8 Å². The first kappa shape index (κ1) is 21.3. The van der Waals surface area contributed by atoms with E-state index in [0.717, 1.165) is 29.0 Å². The summed E-state index contributed by atoms with van der Waals surface area (Å²) in [6.45, 7) is 5.16. The minimum atomic E-state index is -0.425.